The fraction of sp³-hybridized carbons (Fsp3) is 0.240. The predicted molar refractivity (Wildman–Crippen MR) is 148 cm³/mol. The lowest BCUT2D eigenvalue weighted by molar-refractivity contribution is -0.139. The van der Waals surface area contributed by atoms with Crippen LogP contribution in [-0.4, -0.2) is 23.8 Å². The summed E-state index contributed by atoms with van der Waals surface area (Å²) in [6, 6.07) is 10.7. The average molecular weight is 685 g/mol. The number of esters is 1. The summed E-state index contributed by atoms with van der Waals surface area (Å²) in [6.07, 6.45) is 1.80. The van der Waals surface area contributed by atoms with Crippen LogP contribution in [0.1, 0.15) is 37.9 Å². The molecular weight excluding hydrogens is 664 g/mol. The van der Waals surface area contributed by atoms with Crippen molar-refractivity contribution in [2.75, 3.05) is 13.2 Å². The Labute approximate surface area is 231 Å². The van der Waals surface area contributed by atoms with Crippen LogP contribution < -0.4 is 19.6 Å². The molecule has 0 aliphatic carbocycles. The van der Waals surface area contributed by atoms with E-state index in [9.17, 15) is 9.59 Å². The van der Waals surface area contributed by atoms with Crippen LogP contribution in [0.2, 0.25) is 0 Å². The molecule has 2 aromatic carbocycles. The fourth-order valence-corrected chi connectivity index (χ4v) is 6.55. The molecule has 2 heterocycles. The standard InChI is InChI=1S/C25H21Br3N2O4S/c1-4-33-22-15(10-17(27)12-18(22)28)11-19-23(31)30-21(14-6-8-16(26)9-7-14)20(24(32)34-5-2)13(3)29-25(30)35-19/h6-12,21H,4-5H2,1-3H3/b19-11-/t21-/m0/s1. The van der Waals surface area contributed by atoms with Crippen molar-refractivity contribution in [2.24, 2.45) is 4.99 Å². The second kappa shape index (κ2) is 10.9. The smallest absolute Gasteiger partial charge is 0.338 e. The Morgan fingerprint density at radius 1 is 1.11 bits per heavy atom. The lowest BCUT2D eigenvalue weighted by atomic mass is 9.96. The quantitative estimate of drug-likeness (QED) is 0.323. The largest absolute Gasteiger partial charge is 0.492 e. The van der Waals surface area contributed by atoms with E-state index in [1.54, 1.807) is 24.5 Å². The molecule has 0 bridgehead atoms. The van der Waals surface area contributed by atoms with Gasteiger partial charge in [-0.3, -0.25) is 9.36 Å². The Kier molecular flexibility index (Phi) is 8.15. The van der Waals surface area contributed by atoms with Crippen LogP contribution in [-0.2, 0) is 9.53 Å². The van der Waals surface area contributed by atoms with E-state index in [1.165, 1.54) is 11.3 Å². The van der Waals surface area contributed by atoms with Gasteiger partial charge in [0, 0.05) is 14.5 Å². The van der Waals surface area contributed by atoms with Gasteiger partial charge in [-0.15, -0.1) is 0 Å². The molecule has 35 heavy (non-hydrogen) atoms. The predicted octanol–water partition coefficient (Wildman–Crippen LogP) is 5.48. The van der Waals surface area contributed by atoms with E-state index in [4.69, 9.17) is 9.47 Å². The van der Waals surface area contributed by atoms with Gasteiger partial charge < -0.3 is 9.47 Å². The van der Waals surface area contributed by atoms with Crippen LogP contribution in [0.25, 0.3) is 6.08 Å². The number of benzene rings is 2. The number of fused-ring (bicyclic) bond motifs is 1. The molecular formula is C25H21Br3N2O4S. The number of hydrogen-bond donors (Lipinski definition) is 0. The molecule has 0 spiro atoms. The molecule has 0 N–H and O–H groups in total. The number of nitrogens with zero attached hydrogens (tertiary/aromatic N) is 2. The molecule has 4 rings (SSSR count). The van der Waals surface area contributed by atoms with E-state index in [2.05, 4.69) is 52.8 Å². The first-order valence-electron chi connectivity index (χ1n) is 10.8. The van der Waals surface area contributed by atoms with E-state index in [0.717, 1.165) is 24.5 Å². The third-order valence-corrected chi connectivity index (χ3v) is 7.87. The number of allylic oxidation sites excluding steroid dienone is 1. The molecule has 1 aliphatic rings. The van der Waals surface area contributed by atoms with Crippen LogP contribution in [0, 0.1) is 0 Å². The minimum Gasteiger partial charge on any atom is -0.492 e. The number of carbonyl (C=O) groups excluding carboxylic acids is 1. The van der Waals surface area contributed by atoms with E-state index < -0.39 is 12.0 Å². The molecule has 182 valence electrons. The number of carbonyl (C=O) groups is 1. The minimum atomic E-state index is -0.652. The van der Waals surface area contributed by atoms with Gasteiger partial charge >= 0.3 is 5.97 Å². The molecule has 10 heteroatoms. The Morgan fingerprint density at radius 2 is 1.83 bits per heavy atom. The van der Waals surface area contributed by atoms with Gasteiger partial charge in [0.1, 0.15) is 5.75 Å². The Bertz CT molecular complexity index is 1510. The first-order valence-corrected chi connectivity index (χ1v) is 14.0. The summed E-state index contributed by atoms with van der Waals surface area (Å²) in [5.74, 6) is 0.167. The van der Waals surface area contributed by atoms with Gasteiger partial charge in [0.2, 0.25) is 0 Å². The van der Waals surface area contributed by atoms with Gasteiger partial charge in [-0.25, -0.2) is 9.79 Å². The van der Waals surface area contributed by atoms with Gasteiger partial charge in [0.05, 0.1) is 39.5 Å². The molecule has 1 atom stereocenters. The van der Waals surface area contributed by atoms with Crippen molar-refractivity contribution in [1.82, 2.24) is 4.57 Å². The van der Waals surface area contributed by atoms with Crippen LogP contribution >= 0.6 is 59.1 Å². The van der Waals surface area contributed by atoms with E-state index in [1.807, 2.05) is 43.3 Å². The van der Waals surface area contributed by atoms with Gasteiger partial charge in [0.15, 0.2) is 4.80 Å². The van der Waals surface area contributed by atoms with Crippen molar-refractivity contribution in [3.63, 3.8) is 0 Å². The number of rotatable bonds is 6. The van der Waals surface area contributed by atoms with Crippen molar-refractivity contribution in [3.8, 4) is 5.75 Å². The van der Waals surface area contributed by atoms with Crippen LogP contribution in [0.4, 0.5) is 0 Å². The fourth-order valence-electron chi connectivity index (χ4n) is 3.88. The molecule has 3 aromatic rings. The first-order chi connectivity index (χ1) is 16.7. The molecule has 0 saturated heterocycles. The van der Waals surface area contributed by atoms with Crippen molar-refractivity contribution >= 4 is 71.2 Å². The molecule has 0 saturated carbocycles. The van der Waals surface area contributed by atoms with Crippen molar-refractivity contribution < 1.29 is 14.3 Å². The van der Waals surface area contributed by atoms with Gasteiger partial charge in [-0.1, -0.05) is 55.3 Å². The third kappa shape index (κ3) is 5.26. The lowest BCUT2D eigenvalue weighted by Gasteiger charge is -2.24. The first kappa shape index (κ1) is 26.1. The Balaban J connectivity index is 1.97. The maximum Gasteiger partial charge on any atom is 0.338 e. The molecule has 1 aliphatic heterocycles. The van der Waals surface area contributed by atoms with E-state index in [0.29, 0.717) is 33.0 Å². The second-order valence-corrected chi connectivity index (χ2v) is 11.3. The zero-order valence-corrected chi connectivity index (χ0v) is 24.7. The number of aromatic nitrogens is 1. The maximum absolute atomic E-state index is 13.8. The normalized spacial score (nSPS) is 15.6. The second-order valence-electron chi connectivity index (χ2n) is 7.59. The monoisotopic (exact) mass is 682 g/mol. The number of ether oxygens (including phenoxy) is 2. The number of thiazole rings is 1. The zero-order valence-electron chi connectivity index (χ0n) is 19.1. The van der Waals surface area contributed by atoms with Crippen molar-refractivity contribution in [1.29, 1.82) is 0 Å². The van der Waals surface area contributed by atoms with Gasteiger partial charge in [-0.2, -0.15) is 0 Å². The summed E-state index contributed by atoms with van der Waals surface area (Å²) in [7, 11) is 0. The van der Waals surface area contributed by atoms with Crippen LogP contribution in [0.3, 0.4) is 0 Å². The topological polar surface area (TPSA) is 69.9 Å². The molecule has 1 aromatic heterocycles. The summed E-state index contributed by atoms with van der Waals surface area (Å²) in [5, 5.41) is 0. The maximum atomic E-state index is 13.8. The SMILES string of the molecule is CCOC(=O)C1=C(C)N=c2s/c(=C\c3cc(Br)cc(Br)c3OCC)c(=O)n2[C@H]1c1ccc(Br)cc1. The summed E-state index contributed by atoms with van der Waals surface area (Å²) < 4.78 is 15.8. The number of hydrogen-bond acceptors (Lipinski definition) is 6. The molecule has 0 fully saturated rings. The third-order valence-electron chi connectivity index (χ3n) is 5.32. The summed E-state index contributed by atoms with van der Waals surface area (Å²) in [4.78, 5) is 31.9. The molecule has 0 amide bonds. The van der Waals surface area contributed by atoms with Crippen LogP contribution in [0.5, 0.6) is 5.75 Å². The van der Waals surface area contributed by atoms with Gasteiger partial charge in [-0.05, 0) is 72.6 Å². The van der Waals surface area contributed by atoms with Crippen LogP contribution in [0.15, 0.2) is 70.9 Å². The average Bonchev–Trinajstić information content (AvgIpc) is 3.10. The van der Waals surface area contributed by atoms with Crippen molar-refractivity contribution in [3.05, 3.63) is 91.9 Å². The molecule has 0 unspecified atom stereocenters. The number of halogens is 3. The minimum absolute atomic E-state index is 0.227. The molecule has 0 radical (unpaired) electrons. The summed E-state index contributed by atoms with van der Waals surface area (Å²) in [6.45, 7) is 6.14. The summed E-state index contributed by atoms with van der Waals surface area (Å²) >= 11 is 11.8. The molecule has 6 nitrogen and oxygen atoms in total. The highest BCUT2D eigenvalue weighted by Gasteiger charge is 2.33. The Morgan fingerprint density at radius 3 is 2.49 bits per heavy atom. The highest BCUT2D eigenvalue weighted by atomic mass is 79.9. The van der Waals surface area contributed by atoms with E-state index >= 15 is 0 Å². The summed E-state index contributed by atoms with van der Waals surface area (Å²) in [5.41, 5.74) is 2.19. The lowest BCUT2D eigenvalue weighted by Crippen LogP contribution is -2.39. The van der Waals surface area contributed by atoms with E-state index in [-0.39, 0.29) is 12.2 Å². The highest BCUT2D eigenvalue weighted by molar-refractivity contribution is 9.11. The van der Waals surface area contributed by atoms with Crippen molar-refractivity contribution in [2.45, 2.75) is 26.8 Å². The zero-order chi connectivity index (χ0) is 25.3. The highest BCUT2D eigenvalue weighted by Crippen LogP contribution is 2.34. The Hall–Kier alpha value is -2.01. The van der Waals surface area contributed by atoms with Gasteiger partial charge in [0.25, 0.3) is 5.56 Å².